The van der Waals surface area contributed by atoms with E-state index in [1.165, 1.54) is 24.3 Å². The molecule has 0 spiro atoms. The predicted octanol–water partition coefficient (Wildman–Crippen LogP) is 2.73. The van der Waals surface area contributed by atoms with Gasteiger partial charge in [-0.1, -0.05) is 6.07 Å². The Labute approximate surface area is 109 Å². The van der Waals surface area contributed by atoms with E-state index in [4.69, 9.17) is 0 Å². The molecule has 0 saturated carbocycles. The van der Waals surface area contributed by atoms with E-state index >= 15 is 0 Å². The van der Waals surface area contributed by atoms with Crippen molar-refractivity contribution >= 4 is 11.6 Å². The second kappa shape index (κ2) is 4.39. The first-order valence-corrected chi connectivity index (χ1v) is 6.04. The number of phenols is 1. The molecule has 96 valence electrons. The average molecular weight is 257 g/mol. The van der Waals surface area contributed by atoms with Gasteiger partial charge in [-0.25, -0.2) is 4.39 Å². The van der Waals surface area contributed by atoms with Gasteiger partial charge in [-0.2, -0.15) is 0 Å². The third-order valence-electron chi connectivity index (χ3n) is 3.30. The minimum Gasteiger partial charge on any atom is -0.508 e. The summed E-state index contributed by atoms with van der Waals surface area (Å²) in [7, 11) is 0. The number of halogens is 1. The molecule has 3 rings (SSSR count). The number of carbonyl (C=O) groups excluding carboxylic acids is 1. The highest BCUT2D eigenvalue weighted by atomic mass is 19.1. The highest BCUT2D eigenvalue weighted by Crippen LogP contribution is 2.30. The Balaban J connectivity index is 1.95. The number of carbonyl (C=O) groups is 1. The van der Waals surface area contributed by atoms with Crippen molar-refractivity contribution < 1.29 is 14.3 Å². The van der Waals surface area contributed by atoms with E-state index in [0.29, 0.717) is 17.8 Å². The number of amides is 1. The van der Waals surface area contributed by atoms with Gasteiger partial charge in [0.15, 0.2) is 0 Å². The highest BCUT2D eigenvalue weighted by molar-refractivity contribution is 6.07. The zero-order valence-corrected chi connectivity index (χ0v) is 10.1. The highest BCUT2D eigenvalue weighted by Gasteiger charge is 2.25. The Hall–Kier alpha value is -2.36. The van der Waals surface area contributed by atoms with Crippen LogP contribution in [0.4, 0.5) is 10.1 Å². The summed E-state index contributed by atoms with van der Waals surface area (Å²) in [4.78, 5) is 13.9. The first-order valence-electron chi connectivity index (χ1n) is 6.04. The zero-order valence-electron chi connectivity index (χ0n) is 10.1. The molecule has 1 aliphatic rings. The topological polar surface area (TPSA) is 40.5 Å². The van der Waals surface area contributed by atoms with Gasteiger partial charge < -0.3 is 10.0 Å². The molecule has 0 radical (unpaired) electrons. The van der Waals surface area contributed by atoms with E-state index < -0.39 is 0 Å². The van der Waals surface area contributed by atoms with E-state index in [1.54, 1.807) is 23.1 Å². The van der Waals surface area contributed by atoms with E-state index in [9.17, 15) is 14.3 Å². The summed E-state index contributed by atoms with van der Waals surface area (Å²) in [5.41, 5.74) is 2.10. The fraction of sp³-hybridized carbons (Fsp3) is 0.133. The number of benzene rings is 2. The molecule has 0 aromatic heterocycles. The van der Waals surface area contributed by atoms with Crippen molar-refractivity contribution in [1.82, 2.24) is 0 Å². The second-order valence-electron chi connectivity index (χ2n) is 4.53. The molecule has 3 nitrogen and oxygen atoms in total. The lowest BCUT2D eigenvalue weighted by molar-refractivity contribution is 0.0989. The maximum Gasteiger partial charge on any atom is 0.258 e. The number of fused-ring (bicyclic) bond motifs is 1. The van der Waals surface area contributed by atoms with Crippen LogP contribution in [0.3, 0.4) is 0 Å². The van der Waals surface area contributed by atoms with Gasteiger partial charge in [0, 0.05) is 12.1 Å². The van der Waals surface area contributed by atoms with Gasteiger partial charge in [-0.05, 0) is 48.4 Å². The summed E-state index contributed by atoms with van der Waals surface area (Å²) < 4.78 is 13.3. The minimum atomic E-state index is -0.343. The van der Waals surface area contributed by atoms with Crippen molar-refractivity contribution in [3.05, 3.63) is 59.4 Å². The zero-order chi connectivity index (χ0) is 13.4. The van der Waals surface area contributed by atoms with Gasteiger partial charge in [0.1, 0.15) is 11.6 Å². The summed E-state index contributed by atoms with van der Waals surface area (Å²) in [6, 6.07) is 10.6. The molecule has 0 atom stereocenters. The summed E-state index contributed by atoms with van der Waals surface area (Å²) in [5, 5.41) is 9.22. The molecular formula is C15H12FNO2. The van der Waals surface area contributed by atoms with E-state index in [-0.39, 0.29) is 17.5 Å². The van der Waals surface area contributed by atoms with Crippen LogP contribution < -0.4 is 4.90 Å². The Bertz CT molecular complexity index is 637. The van der Waals surface area contributed by atoms with Crippen molar-refractivity contribution in [3.8, 4) is 5.75 Å². The van der Waals surface area contributed by atoms with Crippen LogP contribution in [0, 0.1) is 5.82 Å². The first-order chi connectivity index (χ1) is 9.15. The number of hydrogen-bond donors (Lipinski definition) is 1. The molecule has 0 saturated heterocycles. The Kier molecular flexibility index (Phi) is 2.71. The van der Waals surface area contributed by atoms with Crippen molar-refractivity contribution in [2.45, 2.75) is 6.42 Å². The van der Waals surface area contributed by atoms with Gasteiger partial charge in [0.05, 0.1) is 5.69 Å². The normalized spacial score (nSPS) is 13.4. The van der Waals surface area contributed by atoms with E-state index in [0.717, 1.165) is 12.0 Å². The van der Waals surface area contributed by atoms with E-state index in [1.807, 2.05) is 0 Å². The van der Waals surface area contributed by atoms with E-state index in [2.05, 4.69) is 0 Å². The fourth-order valence-electron chi connectivity index (χ4n) is 2.32. The Morgan fingerprint density at radius 2 is 1.89 bits per heavy atom. The Morgan fingerprint density at radius 1 is 1.16 bits per heavy atom. The number of aromatic hydroxyl groups is 1. The average Bonchev–Trinajstić information content (AvgIpc) is 2.81. The van der Waals surface area contributed by atoms with Gasteiger partial charge in [-0.3, -0.25) is 4.79 Å². The SMILES string of the molecule is O=C(c1ccc(O)cc1)N1CCc2ccc(F)cc21. The summed E-state index contributed by atoms with van der Waals surface area (Å²) >= 11 is 0. The third-order valence-corrected chi connectivity index (χ3v) is 3.30. The van der Waals surface area contributed by atoms with Crippen LogP contribution in [0.5, 0.6) is 5.75 Å². The van der Waals surface area contributed by atoms with Crippen LogP contribution in [0.15, 0.2) is 42.5 Å². The van der Waals surface area contributed by atoms with Gasteiger partial charge in [-0.15, -0.1) is 0 Å². The summed E-state index contributed by atoms with van der Waals surface area (Å²) in [6.07, 6.45) is 0.736. The molecule has 4 heteroatoms. The molecule has 1 amide bonds. The van der Waals surface area contributed by atoms with Crippen LogP contribution in [0.25, 0.3) is 0 Å². The molecule has 19 heavy (non-hydrogen) atoms. The van der Waals surface area contributed by atoms with Crippen LogP contribution in [-0.4, -0.2) is 17.6 Å². The minimum absolute atomic E-state index is 0.115. The summed E-state index contributed by atoms with van der Waals surface area (Å²) in [5.74, 6) is -0.405. The van der Waals surface area contributed by atoms with Crippen LogP contribution in [0.2, 0.25) is 0 Å². The van der Waals surface area contributed by atoms with Crippen LogP contribution >= 0.6 is 0 Å². The summed E-state index contributed by atoms with van der Waals surface area (Å²) in [6.45, 7) is 0.554. The third kappa shape index (κ3) is 2.05. The smallest absolute Gasteiger partial charge is 0.258 e. The standard InChI is InChI=1S/C15H12FNO2/c16-12-4-1-10-7-8-17(14(10)9-12)15(19)11-2-5-13(18)6-3-11/h1-6,9,18H,7-8H2. The maximum atomic E-state index is 13.3. The van der Waals surface area contributed by atoms with Gasteiger partial charge >= 0.3 is 0 Å². The fourth-order valence-corrected chi connectivity index (χ4v) is 2.32. The van der Waals surface area contributed by atoms with Gasteiger partial charge in [0.2, 0.25) is 0 Å². The molecule has 1 heterocycles. The molecular weight excluding hydrogens is 245 g/mol. The van der Waals surface area contributed by atoms with Crippen LogP contribution in [-0.2, 0) is 6.42 Å². The first kappa shape index (κ1) is 11.7. The van der Waals surface area contributed by atoms with Crippen molar-refractivity contribution in [2.24, 2.45) is 0 Å². The lowest BCUT2D eigenvalue weighted by Crippen LogP contribution is -2.28. The Morgan fingerprint density at radius 3 is 2.63 bits per heavy atom. The molecule has 1 aliphatic heterocycles. The lowest BCUT2D eigenvalue weighted by atomic mass is 10.1. The monoisotopic (exact) mass is 257 g/mol. The largest absolute Gasteiger partial charge is 0.508 e. The molecule has 0 unspecified atom stereocenters. The molecule has 2 aromatic carbocycles. The number of nitrogens with zero attached hydrogens (tertiary/aromatic N) is 1. The van der Waals surface area contributed by atoms with Crippen molar-refractivity contribution in [1.29, 1.82) is 0 Å². The van der Waals surface area contributed by atoms with Crippen molar-refractivity contribution in [2.75, 3.05) is 11.4 Å². The molecule has 0 bridgehead atoms. The van der Waals surface area contributed by atoms with Gasteiger partial charge in [0.25, 0.3) is 5.91 Å². The number of phenolic OH excluding ortho intramolecular Hbond substituents is 1. The molecule has 0 fully saturated rings. The predicted molar refractivity (Wildman–Crippen MR) is 69.9 cm³/mol. The molecule has 1 N–H and O–H groups in total. The quantitative estimate of drug-likeness (QED) is 0.853. The number of hydrogen-bond acceptors (Lipinski definition) is 2. The van der Waals surface area contributed by atoms with Crippen molar-refractivity contribution in [3.63, 3.8) is 0 Å². The number of anilines is 1. The molecule has 2 aromatic rings. The molecule has 0 aliphatic carbocycles. The maximum absolute atomic E-state index is 13.3. The van der Waals surface area contributed by atoms with Crippen LogP contribution in [0.1, 0.15) is 15.9 Å². The second-order valence-corrected chi connectivity index (χ2v) is 4.53. The lowest BCUT2D eigenvalue weighted by Gasteiger charge is -2.17. The number of rotatable bonds is 1.